The Hall–Kier alpha value is -2.61. The molecular weight excluding hydrogens is 384 g/mol. The average Bonchev–Trinajstić information content (AvgIpc) is 3.19. The van der Waals surface area contributed by atoms with E-state index >= 15 is 0 Å². The molecule has 28 heavy (non-hydrogen) atoms. The lowest BCUT2D eigenvalue weighted by Gasteiger charge is -2.23. The molecule has 0 aromatic heterocycles. The van der Waals surface area contributed by atoms with Crippen molar-refractivity contribution >= 4 is 35.2 Å². The third-order valence-electron chi connectivity index (χ3n) is 4.53. The van der Waals surface area contributed by atoms with E-state index < -0.39 is 6.04 Å². The van der Waals surface area contributed by atoms with Crippen molar-refractivity contribution in [2.45, 2.75) is 31.7 Å². The van der Waals surface area contributed by atoms with Crippen molar-refractivity contribution in [3.8, 4) is 0 Å². The first-order chi connectivity index (χ1) is 13.4. The minimum atomic E-state index is -0.461. The Labute approximate surface area is 169 Å². The molecule has 0 aliphatic carbocycles. The molecule has 2 rings (SSSR count). The van der Waals surface area contributed by atoms with E-state index in [1.54, 1.807) is 24.3 Å². The molecule has 152 valence electrons. The summed E-state index contributed by atoms with van der Waals surface area (Å²) in [5, 5.41) is 8.41. The summed E-state index contributed by atoms with van der Waals surface area (Å²) in [5.74, 6) is -0.963. The van der Waals surface area contributed by atoms with Gasteiger partial charge in [-0.05, 0) is 43.5 Å². The minimum absolute atomic E-state index is 0.135. The zero-order valence-corrected chi connectivity index (χ0v) is 16.6. The second-order valence-corrected chi connectivity index (χ2v) is 6.94. The Morgan fingerprint density at radius 2 is 1.86 bits per heavy atom. The molecule has 0 bridgehead atoms. The topological polar surface area (TPSA) is 108 Å². The van der Waals surface area contributed by atoms with Crippen LogP contribution in [0.1, 0.15) is 36.0 Å². The highest BCUT2D eigenvalue weighted by Crippen LogP contribution is 2.17. The molecule has 1 atom stereocenters. The number of benzene rings is 1. The van der Waals surface area contributed by atoms with Crippen LogP contribution in [-0.4, -0.2) is 61.3 Å². The van der Waals surface area contributed by atoms with Crippen LogP contribution in [0.5, 0.6) is 0 Å². The van der Waals surface area contributed by atoms with E-state index in [4.69, 9.17) is 11.6 Å². The molecule has 1 saturated heterocycles. The van der Waals surface area contributed by atoms with Crippen LogP contribution in [0.4, 0.5) is 0 Å². The van der Waals surface area contributed by atoms with Gasteiger partial charge >= 0.3 is 0 Å². The summed E-state index contributed by atoms with van der Waals surface area (Å²) in [6, 6.07) is 6.06. The zero-order chi connectivity index (χ0) is 20.5. The number of nitrogens with one attached hydrogen (secondary N) is 3. The lowest BCUT2D eigenvalue weighted by Crippen LogP contribution is -2.48. The summed E-state index contributed by atoms with van der Waals surface area (Å²) in [7, 11) is 1.54. The molecule has 1 heterocycles. The van der Waals surface area contributed by atoms with Crippen LogP contribution in [0.3, 0.4) is 0 Å². The Morgan fingerprint density at radius 1 is 1.14 bits per heavy atom. The van der Waals surface area contributed by atoms with E-state index in [-0.39, 0.29) is 36.6 Å². The maximum atomic E-state index is 12.2. The molecule has 1 aliphatic heterocycles. The first kappa shape index (κ1) is 21.7. The minimum Gasteiger partial charge on any atom is -0.357 e. The summed E-state index contributed by atoms with van der Waals surface area (Å²) in [6.45, 7) is 0.723. The van der Waals surface area contributed by atoms with Crippen LogP contribution in [0.25, 0.3) is 0 Å². The van der Waals surface area contributed by atoms with Gasteiger partial charge in [0.1, 0.15) is 6.04 Å². The summed E-state index contributed by atoms with van der Waals surface area (Å²) >= 11 is 5.78. The van der Waals surface area contributed by atoms with Gasteiger partial charge in [-0.2, -0.15) is 0 Å². The van der Waals surface area contributed by atoms with Crippen molar-refractivity contribution < 1.29 is 19.2 Å². The number of amides is 4. The van der Waals surface area contributed by atoms with Crippen LogP contribution < -0.4 is 16.0 Å². The maximum Gasteiger partial charge on any atom is 0.251 e. The summed E-state index contributed by atoms with van der Waals surface area (Å²) in [6.07, 6.45) is 2.04. The van der Waals surface area contributed by atoms with Crippen molar-refractivity contribution in [2.75, 3.05) is 26.7 Å². The van der Waals surface area contributed by atoms with E-state index in [0.29, 0.717) is 36.5 Å². The molecule has 4 amide bonds. The number of likely N-dealkylation sites (N-methyl/N-ethyl adjacent to an activating group) is 1. The molecule has 9 heteroatoms. The molecule has 1 fully saturated rings. The quantitative estimate of drug-likeness (QED) is 0.550. The molecule has 1 unspecified atom stereocenters. The summed E-state index contributed by atoms with van der Waals surface area (Å²) < 4.78 is 0. The van der Waals surface area contributed by atoms with Gasteiger partial charge in [-0.15, -0.1) is 0 Å². The molecule has 0 saturated carbocycles. The standard InChI is InChI=1S/C19H25ClN4O4/c1-21-19(28)15-4-3-11-24(15)17(26)12-23-16(25)5-2-10-22-18(27)13-6-8-14(20)9-7-13/h6-9,15H,2-5,10-12H2,1H3,(H,21,28)(H,22,27)(H,23,25). The highest BCUT2D eigenvalue weighted by molar-refractivity contribution is 6.30. The smallest absolute Gasteiger partial charge is 0.251 e. The SMILES string of the molecule is CNC(=O)C1CCCN1C(=O)CNC(=O)CCCNC(=O)c1ccc(Cl)cc1. The second-order valence-electron chi connectivity index (χ2n) is 6.50. The molecular formula is C19H25ClN4O4. The van der Waals surface area contributed by atoms with Crippen LogP contribution in [0.15, 0.2) is 24.3 Å². The number of halogens is 1. The zero-order valence-electron chi connectivity index (χ0n) is 15.8. The first-order valence-corrected chi connectivity index (χ1v) is 9.61. The molecule has 8 nitrogen and oxygen atoms in total. The lowest BCUT2D eigenvalue weighted by molar-refractivity contribution is -0.138. The van der Waals surface area contributed by atoms with Crippen molar-refractivity contribution in [1.82, 2.24) is 20.9 Å². The molecule has 1 aromatic rings. The normalized spacial score (nSPS) is 15.8. The molecule has 1 aromatic carbocycles. The monoisotopic (exact) mass is 408 g/mol. The molecule has 0 spiro atoms. The summed E-state index contributed by atoms with van der Waals surface area (Å²) in [4.78, 5) is 49.4. The number of likely N-dealkylation sites (tertiary alicyclic amines) is 1. The number of nitrogens with zero attached hydrogens (tertiary/aromatic N) is 1. The fraction of sp³-hybridized carbons (Fsp3) is 0.474. The lowest BCUT2D eigenvalue weighted by atomic mass is 10.2. The van der Waals surface area contributed by atoms with Crippen LogP contribution in [0, 0.1) is 0 Å². The third-order valence-corrected chi connectivity index (χ3v) is 4.78. The van der Waals surface area contributed by atoms with E-state index in [9.17, 15) is 19.2 Å². The Kier molecular flexibility index (Phi) is 8.25. The van der Waals surface area contributed by atoms with Gasteiger partial charge in [0.25, 0.3) is 5.91 Å². The number of hydrogen-bond donors (Lipinski definition) is 3. The molecule has 0 radical (unpaired) electrons. The van der Waals surface area contributed by atoms with Gasteiger partial charge in [-0.25, -0.2) is 0 Å². The van der Waals surface area contributed by atoms with Gasteiger partial charge < -0.3 is 20.9 Å². The van der Waals surface area contributed by atoms with Gasteiger partial charge in [0.05, 0.1) is 6.54 Å². The highest BCUT2D eigenvalue weighted by atomic mass is 35.5. The van der Waals surface area contributed by atoms with Gasteiger partial charge in [0.15, 0.2) is 0 Å². The van der Waals surface area contributed by atoms with Crippen LogP contribution in [-0.2, 0) is 14.4 Å². The maximum absolute atomic E-state index is 12.2. The van der Waals surface area contributed by atoms with Crippen molar-refractivity contribution in [3.63, 3.8) is 0 Å². The van der Waals surface area contributed by atoms with Gasteiger partial charge in [0, 0.05) is 37.1 Å². The average molecular weight is 409 g/mol. The van der Waals surface area contributed by atoms with Crippen molar-refractivity contribution in [2.24, 2.45) is 0 Å². The van der Waals surface area contributed by atoms with E-state index in [1.807, 2.05) is 0 Å². The van der Waals surface area contributed by atoms with Crippen molar-refractivity contribution in [3.05, 3.63) is 34.9 Å². The molecule has 1 aliphatic rings. The van der Waals surface area contributed by atoms with E-state index in [2.05, 4.69) is 16.0 Å². The number of carbonyl (C=O) groups excluding carboxylic acids is 4. The van der Waals surface area contributed by atoms with Crippen LogP contribution in [0.2, 0.25) is 5.02 Å². The largest absolute Gasteiger partial charge is 0.357 e. The fourth-order valence-corrected chi connectivity index (χ4v) is 3.15. The predicted molar refractivity (Wildman–Crippen MR) is 105 cm³/mol. The number of carbonyl (C=O) groups is 4. The van der Waals surface area contributed by atoms with Gasteiger partial charge in [-0.1, -0.05) is 11.6 Å². The van der Waals surface area contributed by atoms with E-state index in [1.165, 1.54) is 11.9 Å². The Balaban J connectivity index is 1.64. The van der Waals surface area contributed by atoms with Gasteiger partial charge in [0.2, 0.25) is 17.7 Å². The Bertz CT molecular complexity index is 723. The summed E-state index contributed by atoms with van der Waals surface area (Å²) in [5.41, 5.74) is 0.496. The first-order valence-electron chi connectivity index (χ1n) is 9.24. The van der Waals surface area contributed by atoms with Crippen molar-refractivity contribution in [1.29, 1.82) is 0 Å². The van der Waals surface area contributed by atoms with Gasteiger partial charge in [-0.3, -0.25) is 19.2 Å². The van der Waals surface area contributed by atoms with Crippen LogP contribution >= 0.6 is 11.6 Å². The second kappa shape index (κ2) is 10.7. The van der Waals surface area contributed by atoms with E-state index in [0.717, 1.165) is 6.42 Å². The number of hydrogen-bond acceptors (Lipinski definition) is 4. The highest BCUT2D eigenvalue weighted by Gasteiger charge is 2.33. The molecule has 3 N–H and O–H groups in total. The third kappa shape index (κ3) is 6.23. The number of rotatable bonds is 8. The Morgan fingerprint density at radius 3 is 2.54 bits per heavy atom. The fourth-order valence-electron chi connectivity index (χ4n) is 3.02. The predicted octanol–water partition coefficient (Wildman–Crippen LogP) is 0.703.